The molecule has 6 heteroatoms. The number of aryl methyl sites for hydroxylation is 1. The number of benzene rings is 2. The first kappa shape index (κ1) is 18.5. The molecule has 28 heavy (non-hydrogen) atoms. The molecular weight excluding hydrogens is 354 g/mol. The number of amides is 2. The molecule has 4 rings (SSSR count). The lowest BCUT2D eigenvalue weighted by molar-refractivity contribution is -0.117. The highest BCUT2D eigenvalue weighted by Crippen LogP contribution is 2.26. The van der Waals surface area contributed by atoms with E-state index in [9.17, 15) is 9.59 Å². The number of ether oxygens (including phenoxy) is 1. The van der Waals surface area contributed by atoms with Crippen LogP contribution >= 0.6 is 0 Å². The Labute approximate surface area is 165 Å². The Bertz CT molecular complexity index is 862. The van der Waals surface area contributed by atoms with Crippen LogP contribution in [0.2, 0.25) is 0 Å². The van der Waals surface area contributed by atoms with E-state index in [1.54, 1.807) is 4.90 Å². The van der Waals surface area contributed by atoms with Gasteiger partial charge in [0.05, 0.1) is 19.8 Å². The third kappa shape index (κ3) is 4.02. The summed E-state index contributed by atoms with van der Waals surface area (Å²) in [7, 11) is 0. The molecule has 6 nitrogen and oxygen atoms in total. The van der Waals surface area contributed by atoms with Crippen molar-refractivity contribution in [3.8, 4) is 0 Å². The topological polar surface area (TPSA) is 61.9 Å². The summed E-state index contributed by atoms with van der Waals surface area (Å²) in [6.07, 6.45) is 1.99. The average Bonchev–Trinajstić information content (AvgIpc) is 2.77. The monoisotopic (exact) mass is 379 g/mol. The van der Waals surface area contributed by atoms with Crippen LogP contribution in [0.4, 0.5) is 11.4 Å². The third-order valence-electron chi connectivity index (χ3n) is 5.26. The van der Waals surface area contributed by atoms with Gasteiger partial charge in [0.15, 0.2) is 0 Å². The molecule has 146 valence electrons. The maximum absolute atomic E-state index is 12.8. The van der Waals surface area contributed by atoms with Crippen LogP contribution in [0, 0.1) is 0 Å². The van der Waals surface area contributed by atoms with Gasteiger partial charge in [0.1, 0.15) is 0 Å². The van der Waals surface area contributed by atoms with Crippen molar-refractivity contribution in [3.63, 3.8) is 0 Å². The molecule has 1 saturated heterocycles. The molecule has 2 aliphatic heterocycles. The van der Waals surface area contributed by atoms with E-state index < -0.39 is 0 Å². The van der Waals surface area contributed by atoms with Crippen LogP contribution in [0.1, 0.15) is 22.3 Å². The van der Waals surface area contributed by atoms with Crippen molar-refractivity contribution in [2.75, 3.05) is 49.6 Å². The van der Waals surface area contributed by atoms with E-state index in [2.05, 4.69) is 11.4 Å². The van der Waals surface area contributed by atoms with E-state index in [4.69, 9.17) is 4.74 Å². The number of carbonyl (C=O) groups is 2. The number of fused-ring (bicyclic) bond motifs is 1. The number of hydrogen-bond donors (Lipinski definition) is 1. The summed E-state index contributed by atoms with van der Waals surface area (Å²) in [6.45, 7) is 3.33. The Morgan fingerprint density at radius 3 is 2.68 bits per heavy atom. The van der Waals surface area contributed by atoms with Crippen molar-refractivity contribution in [1.82, 2.24) is 4.90 Å². The Balaban J connectivity index is 1.40. The molecule has 2 aliphatic rings. The van der Waals surface area contributed by atoms with E-state index in [-0.39, 0.29) is 18.4 Å². The van der Waals surface area contributed by atoms with Crippen molar-refractivity contribution in [2.45, 2.75) is 12.8 Å². The normalized spacial score (nSPS) is 16.4. The Morgan fingerprint density at radius 1 is 1.00 bits per heavy atom. The molecular formula is C22H25N3O3. The first-order chi connectivity index (χ1) is 13.7. The van der Waals surface area contributed by atoms with Gasteiger partial charge in [-0.25, -0.2) is 0 Å². The van der Waals surface area contributed by atoms with Crippen LogP contribution in [0.3, 0.4) is 0 Å². The summed E-state index contributed by atoms with van der Waals surface area (Å²) in [5, 5.41) is 3.18. The lowest BCUT2D eigenvalue weighted by Gasteiger charge is -2.29. The largest absolute Gasteiger partial charge is 0.378 e. The molecule has 0 unspecified atom stereocenters. The van der Waals surface area contributed by atoms with Gasteiger partial charge in [0, 0.05) is 36.6 Å². The van der Waals surface area contributed by atoms with Crippen LogP contribution < -0.4 is 10.2 Å². The number of carbonyl (C=O) groups excluding carboxylic acids is 2. The number of nitrogens with zero attached hydrogens (tertiary/aromatic N) is 2. The number of para-hydroxylation sites is 1. The quantitative estimate of drug-likeness (QED) is 0.887. The second kappa shape index (κ2) is 8.44. The molecule has 1 fully saturated rings. The fourth-order valence-electron chi connectivity index (χ4n) is 3.78. The van der Waals surface area contributed by atoms with Crippen molar-refractivity contribution in [3.05, 3.63) is 59.7 Å². The lowest BCUT2D eigenvalue weighted by atomic mass is 10.0. The Hall–Kier alpha value is -2.86. The van der Waals surface area contributed by atoms with Crippen molar-refractivity contribution in [1.29, 1.82) is 0 Å². The van der Waals surface area contributed by atoms with Gasteiger partial charge in [-0.3, -0.25) is 9.59 Å². The van der Waals surface area contributed by atoms with Crippen LogP contribution in [0.25, 0.3) is 0 Å². The maximum Gasteiger partial charge on any atom is 0.254 e. The predicted octanol–water partition coefficient (Wildman–Crippen LogP) is 2.55. The second-order valence-corrected chi connectivity index (χ2v) is 7.12. The Morgan fingerprint density at radius 2 is 1.82 bits per heavy atom. The average molecular weight is 379 g/mol. The highest BCUT2D eigenvalue weighted by atomic mass is 16.5. The fourth-order valence-corrected chi connectivity index (χ4v) is 3.78. The highest BCUT2D eigenvalue weighted by molar-refractivity contribution is 5.98. The zero-order valence-electron chi connectivity index (χ0n) is 15.9. The van der Waals surface area contributed by atoms with Crippen molar-refractivity contribution < 1.29 is 14.3 Å². The molecule has 2 aromatic rings. The van der Waals surface area contributed by atoms with E-state index in [0.717, 1.165) is 30.8 Å². The summed E-state index contributed by atoms with van der Waals surface area (Å²) < 4.78 is 5.31. The minimum absolute atomic E-state index is 0.00299. The molecule has 0 aromatic heterocycles. The number of nitrogens with one attached hydrogen (secondary N) is 1. The van der Waals surface area contributed by atoms with Crippen molar-refractivity contribution in [2.24, 2.45) is 0 Å². The van der Waals surface area contributed by atoms with Gasteiger partial charge in [-0.1, -0.05) is 24.3 Å². The molecule has 0 aliphatic carbocycles. The first-order valence-electron chi connectivity index (χ1n) is 9.81. The summed E-state index contributed by atoms with van der Waals surface area (Å²) in [6, 6.07) is 15.4. The summed E-state index contributed by atoms with van der Waals surface area (Å²) in [5.41, 5.74) is 3.64. The smallest absolute Gasteiger partial charge is 0.254 e. The van der Waals surface area contributed by atoms with E-state index in [0.29, 0.717) is 31.9 Å². The molecule has 0 atom stereocenters. The van der Waals surface area contributed by atoms with Gasteiger partial charge in [0.2, 0.25) is 5.91 Å². The molecule has 2 amide bonds. The molecule has 0 bridgehead atoms. The van der Waals surface area contributed by atoms with Crippen LogP contribution in [-0.4, -0.2) is 56.1 Å². The minimum atomic E-state index is 0.00299. The Kier molecular flexibility index (Phi) is 5.58. The lowest BCUT2D eigenvalue weighted by Crippen LogP contribution is -2.40. The molecule has 2 heterocycles. The standard InChI is InChI=1S/C22H25N3O3/c26-21(25-10-4-7-17-5-1-2-9-20(17)25)16-23-19-8-3-6-18(15-19)22(27)24-11-13-28-14-12-24/h1-3,5-6,8-9,15,23H,4,7,10-14,16H2. The number of anilines is 2. The fraction of sp³-hybridized carbons (Fsp3) is 0.364. The third-order valence-corrected chi connectivity index (χ3v) is 5.26. The number of morpholine rings is 1. The first-order valence-corrected chi connectivity index (χ1v) is 9.81. The second-order valence-electron chi connectivity index (χ2n) is 7.12. The van der Waals surface area contributed by atoms with Gasteiger partial charge < -0.3 is 19.9 Å². The SMILES string of the molecule is O=C(c1cccc(NCC(=O)N2CCCc3ccccc32)c1)N1CCOCC1. The van der Waals surface area contributed by atoms with Crippen LogP contribution in [-0.2, 0) is 16.0 Å². The molecule has 0 radical (unpaired) electrons. The molecule has 0 saturated carbocycles. The van der Waals surface area contributed by atoms with E-state index in [1.807, 2.05) is 47.4 Å². The predicted molar refractivity (Wildman–Crippen MR) is 109 cm³/mol. The number of hydrogen-bond acceptors (Lipinski definition) is 4. The highest BCUT2D eigenvalue weighted by Gasteiger charge is 2.22. The van der Waals surface area contributed by atoms with E-state index >= 15 is 0 Å². The minimum Gasteiger partial charge on any atom is -0.378 e. The van der Waals surface area contributed by atoms with Gasteiger partial charge in [0.25, 0.3) is 5.91 Å². The summed E-state index contributed by atoms with van der Waals surface area (Å²) in [5.74, 6) is 0.0419. The zero-order chi connectivity index (χ0) is 19.3. The maximum atomic E-state index is 12.8. The molecule has 0 spiro atoms. The van der Waals surface area contributed by atoms with Gasteiger partial charge in [-0.2, -0.15) is 0 Å². The van der Waals surface area contributed by atoms with Gasteiger partial charge >= 0.3 is 0 Å². The van der Waals surface area contributed by atoms with Gasteiger partial charge in [-0.05, 0) is 42.7 Å². The summed E-state index contributed by atoms with van der Waals surface area (Å²) >= 11 is 0. The van der Waals surface area contributed by atoms with Crippen molar-refractivity contribution >= 4 is 23.2 Å². The molecule has 2 aromatic carbocycles. The summed E-state index contributed by atoms with van der Waals surface area (Å²) in [4.78, 5) is 29.1. The van der Waals surface area contributed by atoms with E-state index in [1.165, 1.54) is 5.56 Å². The zero-order valence-corrected chi connectivity index (χ0v) is 15.9. The van der Waals surface area contributed by atoms with Crippen LogP contribution in [0.5, 0.6) is 0 Å². The van der Waals surface area contributed by atoms with Gasteiger partial charge in [-0.15, -0.1) is 0 Å². The number of rotatable bonds is 4. The molecule has 1 N–H and O–H groups in total. The van der Waals surface area contributed by atoms with Crippen LogP contribution in [0.15, 0.2) is 48.5 Å².